The van der Waals surface area contributed by atoms with Crippen LogP contribution in [0.2, 0.25) is 0 Å². The van der Waals surface area contributed by atoms with Gasteiger partial charge in [-0.05, 0) is 44.9 Å². The predicted molar refractivity (Wildman–Crippen MR) is 201 cm³/mol. The van der Waals surface area contributed by atoms with Crippen LogP contribution in [0.5, 0.6) is 0 Å². The van der Waals surface area contributed by atoms with Crippen molar-refractivity contribution in [2.75, 3.05) is 40.9 Å². The van der Waals surface area contributed by atoms with Gasteiger partial charge in [-0.2, -0.15) is 0 Å². The third kappa shape index (κ3) is 33.5. The highest BCUT2D eigenvalue weighted by molar-refractivity contribution is 7.45. The molecule has 0 fully saturated rings. The van der Waals surface area contributed by atoms with Crippen molar-refractivity contribution in [1.82, 2.24) is 5.32 Å². The summed E-state index contributed by atoms with van der Waals surface area (Å²) in [6.07, 6.45) is 35.0. The zero-order valence-electron chi connectivity index (χ0n) is 31.9. The number of phosphoric ester groups is 1. The number of hydrogen-bond acceptors (Lipinski definition) is 6. The van der Waals surface area contributed by atoms with E-state index in [0.29, 0.717) is 17.4 Å². The molecule has 0 spiro atoms. The summed E-state index contributed by atoms with van der Waals surface area (Å²) in [5.74, 6) is -0.209. The molecule has 3 atom stereocenters. The van der Waals surface area contributed by atoms with Crippen molar-refractivity contribution in [3.8, 4) is 0 Å². The summed E-state index contributed by atoms with van der Waals surface area (Å²) in [5, 5.41) is 13.7. The highest BCUT2D eigenvalue weighted by Gasteiger charge is 2.23. The van der Waals surface area contributed by atoms with Gasteiger partial charge in [-0.15, -0.1) is 0 Å². The van der Waals surface area contributed by atoms with Gasteiger partial charge in [-0.1, -0.05) is 141 Å². The molecule has 0 heterocycles. The second kappa shape index (κ2) is 31.9. The fourth-order valence-electron chi connectivity index (χ4n) is 5.44. The van der Waals surface area contributed by atoms with Crippen LogP contribution >= 0.6 is 7.82 Å². The minimum atomic E-state index is -4.58. The molecule has 0 aromatic heterocycles. The third-order valence-electron chi connectivity index (χ3n) is 8.66. The summed E-state index contributed by atoms with van der Waals surface area (Å²) in [6, 6.07) is -0.885. The van der Waals surface area contributed by atoms with Crippen molar-refractivity contribution < 1.29 is 32.9 Å². The molecule has 9 heteroatoms. The zero-order valence-corrected chi connectivity index (χ0v) is 32.8. The number of carbonyl (C=O) groups excluding carboxylic acids is 1. The molecule has 48 heavy (non-hydrogen) atoms. The van der Waals surface area contributed by atoms with Crippen molar-refractivity contribution in [3.63, 3.8) is 0 Å². The van der Waals surface area contributed by atoms with Crippen LogP contribution in [0.25, 0.3) is 0 Å². The maximum Gasteiger partial charge on any atom is 0.268 e. The van der Waals surface area contributed by atoms with Gasteiger partial charge < -0.3 is 28.8 Å². The normalized spacial score (nSPS) is 14.9. The van der Waals surface area contributed by atoms with E-state index >= 15 is 0 Å². The average molecular weight is 701 g/mol. The minimum Gasteiger partial charge on any atom is -0.756 e. The number of aliphatic hydroxyl groups is 1. The number of amides is 1. The molecule has 0 aliphatic carbocycles. The van der Waals surface area contributed by atoms with Crippen molar-refractivity contribution in [2.45, 2.75) is 180 Å². The molecule has 0 aromatic carbocycles. The summed E-state index contributed by atoms with van der Waals surface area (Å²) in [5.41, 5.74) is 0. The van der Waals surface area contributed by atoms with Crippen molar-refractivity contribution in [3.05, 3.63) is 24.3 Å². The lowest BCUT2D eigenvalue weighted by Gasteiger charge is -2.29. The lowest BCUT2D eigenvalue weighted by molar-refractivity contribution is -0.870. The zero-order chi connectivity index (χ0) is 35.8. The molecule has 0 bridgehead atoms. The molecule has 284 valence electrons. The Morgan fingerprint density at radius 3 is 1.62 bits per heavy atom. The number of unbranched alkanes of at least 4 members (excludes halogenated alkanes) is 20. The van der Waals surface area contributed by atoms with Gasteiger partial charge in [0, 0.05) is 6.42 Å². The molecule has 8 nitrogen and oxygen atoms in total. The smallest absolute Gasteiger partial charge is 0.268 e. The van der Waals surface area contributed by atoms with E-state index in [2.05, 4.69) is 31.3 Å². The topological polar surface area (TPSA) is 108 Å². The van der Waals surface area contributed by atoms with Crippen molar-refractivity contribution in [1.29, 1.82) is 0 Å². The van der Waals surface area contributed by atoms with Gasteiger partial charge in [0.2, 0.25) is 5.91 Å². The van der Waals surface area contributed by atoms with E-state index in [1.54, 1.807) is 6.08 Å². The average Bonchev–Trinajstić information content (AvgIpc) is 3.02. The van der Waals surface area contributed by atoms with Crippen LogP contribution in [0.1, 0.15) is 168 Å². The first-order valence-corrected chi connectivity index (χ1v) is 21.2. The van der Waals surface area contributed by atoms with E-state index in [4.69, 9.17) is 9.05 Å². The Hall–Kier alpha value is -1.02. The Kier molecular flexibility index (Phi) is 31.2. The van der Waals surface area contributed by atoms with Gasteiger partial charge in [0.1, 0.15) is 13.2 Å². The summed E-state index contributed by atoms with van der Waals surface area (Å²) in [4.78, 5) is 25.1. The number of phosphoric acid groups is 1. The van der Waals surface area contributed by atoms with Crippen LogP contribution in [0, 0.1) is 0 Å². The van der Waals surface area contributed by atoms with E-state index in [1.807, 2.05) is 27.2 Å². The molecule has 1 amide bonds. The number of nitrogens with zero attached hydrogens (tertiary/aromatic N) is 1. The molecule has 2 N–H and O–H groups in total. The molecule has 0 aliphatic rings. The second-order valence-electron chi connectivity index (χ2n) is 14.6. The summed E-state index contributed by atoms with van der Waals surface area (Å²) >= 11 is 0. The van der Waals surface area contributed by atoms with Crippen molar-refractivity contribution in [2.24, 2.45) is 0 Å². The number of carbonyl (C=O) groups is 1. The van der Waals surface area contributed by atoms with Crippen LogP contribution in [0.3, 0.4) is 0 Å². The number of hydrogen-bond donors (Lipinski definition) is 2. The first kappa shape index (κ1) is 47.0. The highest BCUT2D eigenvalue weighted by Crippen LogP contribution is 2.38. The number of nitrogens with one attached hydrogen (secondary N) is 1. The standard InChI is InChI=1S/C39H77N2O6P/c1-6-8-10-12-14-16-18-19-20-21-23-25-27-29-31-33-39(43)40-37(36-47-48(44,45)46-35-34-41(3,4)5)38(42)32-30-28-26-24-22-17-15-13-11-9-7-2/h19-20,30,32,37-38,42H,6-18,21-29,31,33-36H2,1-5H3,(H-,40,43,44,45)/b20-19-,32-30+/t37-,38+/m0/s1. The summed E-state index contributed by atoms with van der Waals surface area (Å²) < 4.78 is 23.1. The van der Waals surface area contributed by atoms with E-state index < -0.39 is 20.0 Å². The molecule has 0 rings (SSSR count). The van der Waals surface area contributed by atoms with Crippen LogP contribution in [-0.2, 0) is 18.4 Å². The number of rotatable bonds is 35. The number of aliphatic hydroxyl groups excluding tert-OH is 1. The number of allylic oxidation sites excluding steroid dienone is 3. The molecule has 0 saturated heterocycles. The minimum absolute atomic E-state index is 0.00200. The summed E-state index contributed by atoms with van der Waals surface area (Å²) in [7, 11) is 1.25. The maximum absolute atomic E-state index is 12.8. The Labute approximate surface area is 296 Å². The van der Waals surface area contributed by atoms with Crippen molar-refractivity contribution >= 4 is 13.7 Å². The van der Waals surface area contributed by atoms with E-state index in [9.17, 15) is 19.4 Å². The molecule has 0 saturated carbocycles. The Balaban J connectivity index is 4.51. The quantitative estimate of drug-likeness (QED) is 0.0295. The Bertz CT molecular complexity index is 845. The highest BCUT2D eigenvalue weighted by atomic mass is 31.2. The SMILES string of the molecule is CCCCCCCC/C=C\CCCCCCCC(=O)N[C@@H](COP(=O)([O-])OCC[N+](C)(C)C)[C@H](O)/C=C/CCCCCCCCCCC. The molecule has 0 aliphatic heterocycles. The number of likely N-dealkylation sites (N-methyl/N-ethyl adjacent to an activating group) is 1. The molecule has 0 aromatic rings. The third-order valence-corrected chi connectivity index (χ3v) is 9.62. The molecule has 1 unspecified atom stereocenters. The van der Waals surface area contributed by atoms with Gasteiger partial charge in [-0.25, -0.2) is 0 Å². The van der Waals surface area contributed by atoms with E-state index in [-0.39, 0.29) is 19.1 Å². The van der Waals surface area contributed by atoms with Gasteiger partial charge in [0.05, 0.1) is 39.9 Å². The van der Waals surface area contributed by atoms with Gasteiger partial charge in [0.25, 0.3) is 7.82 Å². The first-order valence-electron chi connectivity index (χ1n) is 19.7. The monoisotopic (exact) mass is 701 g/mol. The molecular formula is C39H77N2O6P. The lowest BCUT2D eigenvalue weighted by atomic mass is 10.1. The second-order valence-corrected chi connectivity index (χ2v) is 16.0. The van der Waals surface area contributed by atoms with Gasteiger partial charge >= 0.3 is 0 Å². The van der Waals surface area contributed by atoms with Crippen LogP contribution in [0.4, 0.5) is 0 Å². The molecule has 0 radical (unpaired) electrons. The Morgan fingerprint density at radius 2 is 1.15 bits per heavy atom. The van der Waals surface area contributed by atoms with Gasteiger partial charge in [-0.3, -0.25) is 9.36 Å². The predicted octanol–water partition coefficient (Wildman–Crippen LogP) is 9.55. The van der Waals surface area contributed by atoms with E-state index in [0.717, 1.165) is 51.4 Å². The largest absolute Gasteiger partial charge is 0.756 e. The Morgan fingerprint density at radius 1 is 0.708 bits per heavy atom. The lowest BCUT2D eigenvalue weighted by Crippen LogP contribution is -2.45. The van der Waals surface area contributed by atoms with Gasteiger partial charge in [0.15, 0.2) is 0 Å². The number of quaternary nitrogens is 1. The fraction of sp³-hybridized carbons (Fsp3) is 0.872. The maximum atomic E-state index is 12.8. The van der Waals surface area contributed by atoms with Crippen LogP contribution < -0.4 is 10.2 Å². The van der Waals surface area contributed by atoms with Crippen LogP contribution in [0.15, 0.2) is 24.3 Å². The van der Waals surface area contributed by atoms with E-state index in [1.165, 1.54) is 96.3 Å². The first-order chi connectivity index (χ1) is 23.0. The summed E-state index contributed by atoms with van der Waals surface area (Å²) in [6.45, 7) is 4.60. The van der Waals surface area contributed by atoms with Crippen LogP contribution in [-0.4, -0.2) is 68.5 Å². The fourth-order valence-corrected chi connectivity index (χ4v) is 6.16. The molecular weight excluding hydrogens is 623 g/mol.